The van der Waals surface area contributed by atoms with Crippen molar-refractivity contribution in [2.45, 2.75) is 19.4 Å². The molecule has 6 nitrogen and oxygen atoms in total. The fourth-order valence-electron chi connectivity index (χ4n) is 2.93. The number of hydrogen-bond donors (Lipinski definition) is 2. The second kappa shape index (κ2) is 11.5. The van der Waals surface area contributed by atoms with Gasteiger partial charge in [0.05, 0.1) is 19.3 Å². The van der Waals surface area contributed by atoms with Crippen LogP contribution in [0.2, 0.25) is 0 Å². The van der Waals surface area contributed by atoms with Gasteiger partial charge in [-0.2, -0.15) is 0 Å². The Morgan fingerprint density at radius 1 is 1.10 bits per heavy atom. The van der Waals surface area contributed by atoms with Gasteiger partial charge in [0, 0.05) is 25.1 Å². The number of aliphatic imine (C=N–C) groups is 1. The highest BCUT2D eigenvalue weighted by Crippen LogP contribution is 2.25. The topological polar surface area (TPSA) is 71.7 Å². The van der Waals surface area contributed by atoms with Crippen molar-refractivity contribution in [2.75, 3.05) is 20.7 Å². The maximum absolute atomic E-state index is 5.57. The Labute approximate surface area is 188 Å². The molecule has 154 valence electrons. The monoisotopic (exact) mass is 506 g/mol. The highest BCUT2D eigenvalue weighted by Gasteiger charge is 2.12. The van der Waals surface area contributed by atoms with Gasteiger partial charge in [-0.05, 0) is 23.8 Å². The largest absolute Gasteiger partial charge is 0.496 e. The standard InChI is InChI=1S/C22H26N4O2.HI/c1-16(19-11-7-8-12-20(19)27-3)13-24-22(23-2)25-14-18-15-28-21(26-18)17-9-5-4-6-10-17;/h4-12,15-16H,13-14H2,1-3H3,(H2,23,24,25);1H. The molecule has 0 radical (unpaired) electrons. The SMILES string of the molecule is CN=C(NCc1coc(-c2ccccc2)n1)NCC(C)c1ccccc1OC.I. The van der Waals surface area contributed by atoms with Crippen LogP contribution in [0, 0.1) is 0 Å². The first kappa shape index (κ1) is 22.7. The van der Waals surface area contributed by atoms with Crippen LogP contribution < -0.4 is 15.4 Å². The summed E-state index contributed by atoms with van der Waals surface area (Å²) in [4.78, 5) is 8.80. The summed E-state index contributed by atoms with van der Waals surface area (Å²) >= 11 is 0. The second-order valence-electron chi connectivity index (χ2n) is 6.46. The summed E-state index contributed by atoms with van der Waals surface area (Å²) in [5.74, 6) is 2.50. The summed E-state index contributed by atoms with van der Waals surface area (Å²) in [5, 5.41) is 6.62. The van der Waals surface area contributed by atoms with E-state index in [1.165, 1.54) is 0 Å². The molecule has 3 aromatic rings. The smallest absolute Gasteiger partial charge is 0.226 e. The number of halogens is 1. The lowest BCUT2D eigenvalue weighted by Gasteiger charge is -2.18. The number of methoxy groups -OCH3 is 1. The lowest BCUT2D eigenvalue weighted by Crippen LogP contribution is -2.38. The van der Waals surface area contributed by atoms with Gasteiger partial charge in [-0.15, -0.1) is 24.0 Å². The van der Waals surface area contributed by atoms with E-state index in [1.54, 1.807) is 20.4 Å². The minimum absolute atomic E-state index is 0. The van der Waals surface area contributed by atoms with E-state index in [4.69, 9.17) is 9.15 Å². The van der Waals surface area contributed by atoms with Gasteiger partial charge in [0.15, 0.2) is 5.96 Å². The normalized spacial score (nSPS) is 12.0. The molecule has 2 aromatic carbocycles. The van der Waals surface area contributed by atoms with E-state index in [2.05, 4.69) is 33.6 Å². The van der Waals surface area contributed by atoms with Crippen LogP contribution in [-0.2, 0) is 6.54 Å². The third kappa shape index (κ3) is 6.22. The minimum Gasteiger partial charge on any atom is -0.496 e. The molecule has 1 atom stereocenters. The molecule has 0 spiro atoms. The number of guanidine groups is 1. The average Bonchev–Trinajstić information content (AvgIpc) is 3.23. The number of nitrogens with zero attached hydrogens (tertiary/aromatic N) is 2. The van der Waals surface area contributed by atoms with E-state index in [1.807, 2.05) is 48.5 Å². The Bertz CT molecular complexity index is 912. The second-order valence-corrected chi connectivity index (χ2v) is 6.46. The molecule has 0 bridgehead atoms. The zero-order valence-corrected chi connectivity index (χ0v) is 19.2. The van der Waals surface area contributed by atoms with Crippen LogP contribution >= 0.6 is 24.0 Å². The van der Waals surface area contributed by atoms with E-state index >= 15 is 0 Å². The van der Waals surface area contributed by atoms with Crippen LogP contribution in [0.5, 0.6) is 5.75 Å². The lowest BCUT2D eigenvalue weighted by molar-refractivity contribution is 0.406. The summed E-state index contributed by atoms with van der Waals surface area (Å²) in [7, 11) is 3.45. The van der Waals surface area contributed by atoms with E-state index in [9.17, 15) is 0 Å². The Morgan fingerprint density at radius 3 is 2.55 bits per heavy atom. The summed E-state index contributed by atoms with van der Waals surface area (Å²) in [6, 6.07) is 17.9. The molecule has 0 fully saturated rings. The van der Waals surface area contributed by atoms with E-state index < -0.39 is 0 Å². The zero-order valence-electron chi connectivity index (χ0n) is 16.9. The van der Waals surface area contributed by atoms with Crippen molar-refractivity contribution >= 4 is 29.9 Å². The third-order valence-corrected chi connectivity index (χ3v) is 4.48. The van der Waals surface area contributed by atoms with Gasteiger partial charge in [0.25, 0.3) is 0 Å². The third-order valence-electron chi connectivity index (χ3n) is 4.48. The van der Waals surface area contributed by atoms with E-state index in [0.717, 1.165) is 29.1 Å². The molecule has 2 N–H and O–H groups in total. The molecular weight excluding hydrogens is 479 g/mol. The Kier molecular flexibility index (Phi) is 8.98. The van der Waals surface area contributed by atoms with Gasteiger partial charge >= 0.3 is 0 Å². The Hall–Kier alpha value is -2.55. The number of para-hydroxylation sites is 1. The lowest BCUT2D eigenvalue weighted by atomic mass is 10.0. The van der Waals surface area contributed by atoms with Gasteiger partial charge in [-0.3, -0.25) is 4.99 Å². The fraction of sp³-hybridized carbons (Fsp3) is 0.273. The van der Waals surface area contributed by atoms with Crippen LogP contribution in [0.1, 0.15) is 24.1 Å². The van der Waals surface area contributed by atoms with Crippen molar-refractivity contribution in [3.05, 3.63) is 72.1 Å². The molecule has 7 heteroatoms. The van der Waals surface area contributed by atoms with Crippen molar-refractivity contribution < 1.29 is 9.15 Å². The highest BCUT2D eigenvalue weighted by molar-refractivity contribution is 14.0. The minimum atomic E-state index is 0. The predicted molar refractivity (Wildman–Crippen MR) is 127 cm³/mol. The Morgan fingerprint density at radius 2 is 1.83 bits per heavy atom. The van der Waals surface area contributed by atoms with Crippen LogP contribution in [-0.4, -0.2) is 31.6 Å². The maximum atomic E-state index is 5.57. The number of rotatable bonds is 7. The molecule has 0 aliphatic rings. The number of ether oxygens (including phenoxy) is 1. The van der Waals surface area contributed by atoms with Gasteiger partial charge < -0.3 is 19.8 Å². The predicted octanol–water partition coefficient (Wildman–Crippen LogP) is 4.44. The molecule has 29 heavy (non-hydrogen) atoms. The van der Waals surface area contributed by atoms with Crippen LogP contribution in [0.15, 0.2) is 70.3 Å². The fourth-order valence-corrected chi connectivity index (χ4v) is 2.93. The van der Waals surface area contributed by atoms with Crippen LogP contribution in [0.4, 0.5) is 0 Å². The molecule has 1 unspecified atom stereocenters. The summed E-state index contributed by atoms with van der Waals surface area (Å²) in [5.41, 5.74) is 2.94. The number of oxazole rings is 1. The Balaban J connectivity index is 0.00000300. The first-order valence-corrected chi connectivity index (χ1v) is 9.28. The number of benzene rings is 2. The van der Waals surface area contributed by atoms with Crippen LogP contribution in [0.3, 0.4) is 0 Å². The van der Waals surface area contributed by atoms with Crippen molar-refractivity contribution in [3.8, 4) is 17.2 Å². The highest BCUT2D eigenvalue weighted by atomic mass is 127. The maximum Gasteiger partial charge on any atom is 0.226 e. The molecule has 0 saturated heterocycles. The zero-order chi connectivity index (χ0) is 19.8. The van der Waals surface area contributed by atoms with Crippen molar-refractivity contribution in [3.63, 3.8) is 0 Å². The number of aromatic nitrogens is 1. The van der Waals surface area contributed by atoms with Crippen LogP contribution in [0.25, 0.3) is 11.5 Å². The molecule has 1 heterocycles. The van der Waals surface area contributed by atoms with Gasteiger partial charge in [0.1, 0.15) is 12.0 Å². The van der Waals surface area contributed by atoms with E-state index in [0.29, 0.717) is 18.4 Å². The first-order chi connectivity index (χ1) is 13.7. The molecule has 0 aliphatic heterocycles. The molecule has 0 amide bonds. The summed E-state index contributed by atoms with van der Waals surface area (Å²) in [6.45, 7) is 3.41. The molecule has 3 rings (SSSR count). The quantitative estimate of drug-likeness (QED) is 0.282. The van der Waals surface area contributed by atoms with Gasteiger partial charge in [-0.25, -0.2) is 4.98 Å². The molecule has 0 aliphatic carbocycles. The summed E-state index contributed by atoms with van der Waals surface area (Å²) < 4.78 is 11.0. The number of nitrogens with one attached hydrogen (secondary N) is 2. The molecule has 0 saturated carbocycles. The van der Waals surface area contributed by atoms with E-state index in [-0.39, 0.29) is 29.9 Å². The number of hydrogen-bond acceptors (Lipinski definition) is 4. The summed E-state index contributed by atoms with van der Waals surface area (Å²) in [6.07, 6.45) is 1.67. The van der Waals surface area contributed by atoms with Crippen molar-refractivity contribution in [1.29, 1.82) is 0 Å². The van der Waals surface area contributed by atoms with Gasteiger partial charge in [-0.1, -0.05) is 43.3 Å². The average molecular weight is 506 g/mol. The van der Waals surface area contributed by atoms with Gasteiger partial charge in [0.2, 0.25) is 5.89 Å². The first-order valence-electron chi connectivity index (χ1n) is 9.28. The molecule has 1 aromatic heterocycles. The molecular formula is C22H27IN4O2. The van der Waals surface area contributed by atoms with Crippen molar-refractivity contribution in [1.82, 2.24) is 15.6 Å². The van der Waals surface area contributed by atoms with Crippen molar-refractivity contribution in [2.24, 2.45) is 4.99 Å².